The average molecular weight is 529 g/mol. The lowest BCUT2D eigenvalue weighted by Crippen LogP contribution is -2.25. The number of benzene rings is 3. The van der Waals surface area contributed by atoms with Crippen molar-refractivity contribution in [2.75, 3.05) is 20.3 Å². The molecule has 0 spiro atoms. The molecule has 8 nitrogen and oxygen atoms in total. The summed E-state index contributed by atoms with van der Waals surface area (Å²) in [5, 5.41) is 6.24. The summed E-state index contributed by atoms with van der Waals surface area (Å²) in [5.74, 6) is 0.160. The Hall–Kier alpha value is -3.62. The minimum atomic E-state index is -0.760. The molecule has 1 aliphatic rings. The molecule has 0 saturated heterocycles. The topological polar surface area (TPSA) is 103 Å². The van der Waals surface area contributed by atoms with E-state index < -0.39 is 11.8 Å². The lowest BCUT2D eigenvalue weighted by atomic mass is 9.92. The maximum Gasteiger partial charge on any atom is 0.294 e. The van der Waals surface area contributed by atoms with Crippen molar-refractivity contribution in [3.05, 3.63) is 86.2 Å². The summed E-state index contributed by atoms with van der Waals surface area (Å²) < 4.78 is 16.8. The quantitative estimate of drug-likeness (QED) is 0.363. The molecule has 3 aromatic rings. The Morgan fingerprint density at radius 1 is 1.08 bits per heavy atom. The molecular weight excluding hydrogens is 507 g/mol. The Balaban J connectivity index is 1.39. The van der Waals surface area contributed by atoms with Crippen LogP contribution in [0.5, 0.6) is 23.0 Å². The van der Waals surface area contributed by atoms with Gasteiger partial charge >= 0.3 is 0 Å². The third-order valence-corrected chi connectivity index (χ3v) is 6.44. The molecule has 0 aliphatic carbocycles. The Morgan fingerprint density at radius 3 is 2.58 bits per heavy atom. The first-order valence-electron chi connectivity index (χ1n) is 11.1. The number of nitroso groups, excluding NO2 is 1. The van der Waals surface area contributed by atoms with Crippen LogP contribution < -0.4 is 19.5 Å². The van der Waals surface area contributed by atoms with E-state index >= 15 is 0 Å². The molecule has 10 heteroatoms. The fourth-order valence-corrected chi connectivity index (χ4v) is 4.44. The summed E-state index contributed by atoms with van der Waals surface area (Å²) in [5.41, 5.74) is 1.79. The number of carbonyl (C=O) groups excluding carboxylic acids is 2. The van der Waals surface area contributed by atoms with Crippen LogP contribution in [-0.2, 0) is 11.2 Å². The van der Waals surface area contributed by atoms with Crippen molar-refractivity contribution < 1.29 is 23.8 Å². The van der Waals surface area contributed by atoms with Crippen LogP contribution in [0.15, 0.2) is 59.8 Å². The highest BCUT2D eigenvalue weighted by molar-refractivity contribution is 6.32. The number of amides is 2. The van der Waals surface area contributed by atoms with Crippen LogP contribution in [0.4, 0.5) is 0 Å². The van der Waals surface area contributed by atoms with Gasteiger partial charge in [0.1, 0.15) is 23.0 Å². The largest absolute Gasteiger partial charge is 0.496 e. The Labute approximate surface area is 217 Å². The van der Waals surface area contributed by atoms with Gasteiger partial charge in [-0.3, -0.25) is 9.59 Å². The summed E-state index contributed by atoms with van der Waals surface area (Å²) in [6, 6.07) is 15.1. The number of carbonyl (C=O) groups is 2. The molecule has 0 radical (unpaired) electrons. The second kappa shape index (κ2) is 11.4. The SMILES string of the molecule is COc1cccc(Cl)c1CCNC(=O)c1ccc(Oc2cc3c(cc2Cl)C(C(=O)N=O)CCO3)cc1. The predicted molar refractivity (Wildman–Crippen MR) is 136 cm³/mol. The minimum Gasteiger partial charge on any atom is -0.496 e. The van der Waals surface area contributed by atoms with Crippen LogP contribution in [0.25, 0.3) is 0 Å². The van der Waals surface area contributed by atoms with Crippen LogP contribution in [0, 0.1) is 4.91 Å². The van der Waals surface area contributed by atoms with Crippen molar-refractivity contribution in [3.8, 4) is 23.0 Å². The Bertz CT molecular complexity index is 1300. The van der Waals surface area contributed by atoms with Gasteiger partial charge in [0.05, 0.1) is 24.7 Å². The molecule has 0 fully saturated rings. The molecule has 2 amide bonds. The summed E-state index contributed by atoms with van der Waals surface area (Å²) >= 11 is 12.6. The molecule has 1 unspecified atom stereocenters. The monoisotopic (exact) mass is 528 g/mol. The van der Waals surface area contributed by atoms with Gasteiger partial charge in [-0.05, 0) is 55.3 Å². The van der Waals surface area contributed by atoms with E-state index in [0.717, 1.165) is 5.56 Å². The van der Waals surface area contributed by atoms with E-state index in [0.29, 0.717) is 58.5 Å². The van der Waals surface area contributed by atoms with Gasteiger partial charge in [0.15, 0.2) is 0 Å². The van der Waals surface area contributed by atoms with Crippen molar-refractivity contribution in [2.45, 2.75) is 18.8 Å². The van der Waals surface area contributed by atoms with E-state index in [4.69, 9.17) is 37.4 Å². The van der Waals surface area contributed by atoms with Crippen molar-refractivity contribution in [3.63, 3.8) is 0 Å². The van der Waals surface area contributed by atoms with Crippen LogP contribution in [0.1, 0.15) is 33.8 Å². The number of methoxy groups -OCH3 is 1. The third kappa shape index (κ3) is 5.61. The highest BCUT2D eigenvalue weighted by Gasteiger charge is 2.30. The van der Waals surface area contributed by atoms with Gasteiger partial charge in [0.25, 0.3) is 11.8 Å². The Kier molecular flexibility index (Phi) is 8.07. The molecule has 1 heterocycles. The lowest BCUT2D eigenvalue weighted by Gasteiger charge is -2.24. The predicted octanol–water partition coefficient (Wildman–Crippen LogP) is 5.93. The molecule has 0 saturated carbocycles. The van der Waals surface area contributed by atoms with Crippen LogP contribution in [0.2, 0.25) is 10.0 Å². The van der Waals surface area contributed by atoms with Crippen LogP contribution in [0.3, 0.4) is 0 Å². The average Bonchev–Trinajstić information content (AvgIpc) is 2.89. The number of hydrogen-bond acceptors (Lipinski definition) is 6. The second-order valence-electron chi connectivity index (χ2n) is 7.99. The molecule has 186 valence electrons. The van der Waals surface area contributed by atoms with Gasteiger partial charge in [-0.15, -0.1) is 4.91 Å². The number of nitrogens with zero attached hydrogens (tertiary/aromatic N) is 1. The summed E-state index contributed by atoms with van der Waals surface area (Å²) in [7, 11) is 1.57. The lowest BCUT2D eigenvalue weighted by molar-refractivity contribution is -0.119. The molecule has 0 aromatic heterocycles. The molecule has 36 heavy (non-hydrogen) atoms. The highest BCUT2D eigenvalue weighted by Crippen LogP contribution is 2.42. The van der Waals surface area contributed by atoms with Crippen molar-refractivity contribution in [1.29, 1.82) is 0 Å². The Morgan fingerprint density at radius 2 is 1.86 bits per heavy atom. The van der Waals surface area contributed by atoms with E-state index in [1.165, 1.54) is 0 Å². The van der Waals surface area contributed by atoms with Gasteiger partial charge in [0, 0.05) is 39.5 Å². The zero-order valence-corrected chi connectivity index (χ0v) is 20.8. The van der Waals surface area contributed by atoms with Gasteiger partial charge in [-0.1, -0.05) is 29.3 Å². The number of fused-ring (bicyclic) bond motifs is 1. The first-order valence-corrected chi connectivity index (χ1v) is 11.9. The molecule has 4 rings (SSSR count). The van der Waals surface area contributed by atoms with Crippen molar-refractivity contribution in [1.82, 2.24) is 5.32 Å². The fourth-order valence-electron chi connectivity index (χ4n) is 3.97. The van der Waals surface area contributed by atoms with Crippen LogP contribution >= 0.6 is 23.2 Å². The summed E-state index contributed by atoms with van der Waals surface area (Å²) in [4.78, 5) is 35.1. The van der Waals surface area contributed by atoms with Gasteiger partial charge in [-0.25, -0.2) is 0 Å². The maximum absolute atomic E-state index is 12.6. The summed E-state index contributed by atoms with van der Waals surface area (Å²) in [6.07, 6.45) is 0.869. The molecule has 0 bridgehead atoms. The standard InChI is InChI=1S/C26H22Cl2N2O6/c1-34-22-4-2-3-20(27)18(22)9-11-29-25(31)15-5-7-16(8-6-15)36-24-14-23-19(13-21(24)28)17(10-12-35-23)26(32)30-33/h2-8,13-14,17H,9-12H2,1H3,(H,29,31). The normalized spacial score (nSPS) is 14.2. The molecule has 1 atom stereocenters. The number of rotatable bonds is 8. The van der Waals surface area contributed by atoms with E-state index in [1.54, 1.807) is 55.6 Å². The first kappa shape index (κ1) is 25.5. The van der Waals surface area contributed by atoms with E-state index in [2.05, 4.69) is 10.5 Å². The molecule has 1 N–H and O–H groups in total. The summed E-state index contributed by atoms with van der Waals surface area (Å²) in [6.45, 7) is 0.651. The second-order valence-corrected chi connectivity index (χ2v) is 8.81. The van der Waals surface area contributed by atoms with Gasteiger partial charge in [0.2, 0.25) is 0 Å². The van der Waals surface area contributed by atoms with Crippen LogP contribution in [-0.4, -0.2) is 32.1 Å². The molecule has 1 aliphatic heterocycles. The number of nitrogens with one attached hydrogen (secondary N) is 1. The maximum atomic E-state index is 12.6. The fraction of sp³-hybridized carbons (Fsp3) is 0.231. The van der Waals surface area contributed by atoms with Crippen molar-refractivity contribution in [2.24, 2.45) is 5.18 Å². The molecular formula is C26H22Cl2N2O6. The number of halogens is 2. The highest BCUT2D eigenvalue weighted by atomic mass is 35.5. The first-order chi connectivity index (χ1) is 17.4. The van der Waals surface area contributed by atoms with E-state index in [-0.39, 0.29) is 17.5 Å². The van der Waals surface area contributed by atoms with Crippen molar-refractivity contribution >= 4 is 35.0 Å². The van der Waals surface area contributed by atoms with Gasteiger partial charge < -0.3 is 19.5 Å². The molecule has 3 aromatic carbocycles. The smallest absolute Gasteiger partial charge is 0.294 e. The number of ether oxygens (including phenoxy) is 3. The number of hydrogen-bond donors (Lipinski definition) is 1. The van der Waals surface area contributed by atoms with E-state index in [9.17, 15) is 14.5 Å². The zero-order chi connectivity index (χ0) is 25.7. The van der Waals surface area contributed by atoms with E-state index in [1.807, 2.05) is 6.07 Å². The zero-order valence-electron chi connectivity index (χ0n) is 19.3. The minimum absolute atomic E-state index is 0.243. The van der Waals surface area contributed by atoms with Gasteiger partial charge in [-0.2, -0.15) is 0 Å². The third-order valence-electron chi connectivity index (χ3n) is 5.79.